The number of terminal acetylenes is 1. The van der Waals surface area contributed by atoms with Crippen molar-refractivity contribution in [2.45, 2.75) is 52.4 Å². The van der Waals surface area contributed by atoms with E-state index in [0.717, 1.165) is 74.4 Å². The Morgan fingerprint density at radius 1 is 1.11 bits per heavy atom. The van der Waals surface area contributed by atoms with E-state index in [0.29, 0.717) is 24.6 Å². The second-order valence-corrected chi connectivity index (χ2v) is 9.45. The quantitative estimate of drug-likeness (QED) is 0.356. The Balaban J connectivity index is 0.000000256. The number of amides is 2. The number of nitrogens with two attached hydrogens (primary N) is 1. The van der Waals surface area contributed by atoms with E-state index in [-0.39, 0.29) is 11.8 Å². The molecule has 3 N–H and O–H groups in total. The van der Waals surface area contributed by atoms with E-state index >= 15 is 0 Å². The first-order valence-corrected chi connectivity index (χ1v) is 13.0. The number of carbonyl (C=O) groups excluding carboxylic acids is 2. The summed E-state index contributed by atoms with van der Waals surface area (Å²) in [7, 11) is 1.88. The molecule has 2 fully saturated rings. The summed E-state index contributed by atoms with van der Waals surface area (Å²) in [5.41, 5.74) is 10.2. The van der Waals surface area contributed by atoms with Crippen molar-refractivity contribution in [3.8, 4) is 12.8 Å². The molecule has 4 rings (SSSR count). The highest BCUT2D eigenvalue weighted by Crippen LogP contribution is 2.15. The Morgan fingerprint density at radius 2 is 1.79 bits per heavy atom. The minimum absolute atomic E-state index is 0.132. The molecule has 1 aromatic heterocycles. The lowest BCUT2D eigenvalue weighted by Gasteiger charge is -2.23. The van der Waals surface area contributed by atoms with Gasteiger partial charge in [0, 0.05) is 44.5 Å². The van der Waals surface area contributed by atoms with Crippen molar-refractivity contribution in [2.75, 3.05) is 31.5 Å². The van der Waals surface area contributed by atoms with Crippen molar-refractivity contribution in [3.63, 3.8) is 0 Å². The Hall–Kier alpha value is -4.06. The van der Waals surface area contributed by atoms with Gasteiger partial charge in [-0.1, -0.05) is 25.1 Å². The summed E-state index contributed by atoms with van der Waals surface area (Å²) in [4.78, 5) is 31.5. The zero-order valence-corrected chi connectivity index (χ0v) is 22.9. The minimum Gasteiger partial charge on any atom is -0.369 e. The topological polar surface area (TPSA) is 109 Å². The molecule has 0 radical (unpaired) electrons. The number of likely N-dealkylation sites (tertiary alicyclic amines) is 2. The molecule has 38 heavy (non-hydrogen) atoms. The van der Waals surface area contributed by atoms with Gasteiger partial charge in [0.15, 0.2) is 5.96 Å². The van der Waals surface area contributed by atoms with Gasteiger partial charge in [-0.2, -0.15) is 5.10 Å². The predicted molar refractivity (Wildman–Crippen MR) is 154 cm³/mol. The van der Waals surface area contributed by atoms with Crippen LogP contribution in [-0.4, -0.2) is 63.5 Å². The number of hydrogen-bond donors (Lipinski definition) is 2. The van der Waals surface area contributed by atoms with E-state index in [9.17, 15) is 9.59 Å². The van der Waals surface area contributed by atoms with Crippen LogP contribution in [0, 0.1) is 26.7 Å². The van der Waals surface area contributed by atoms with Crippen molar-refractivity contribution in [3.05, 3.63) is 53.9 Å². The number of aromatic nitrogens is 2. The zero-order chi connectivity index (χ0) is 28.1. The molecule has 2 saturated heterocycles. The molecule has 9 heteroatoms. The van der Waals surface area contributed by atoms with E-state index in [1.54, 1.807) is 9.58 Å². The van der Waals surface area contributed by atoms with Crippen LogP contribution >= 0.6 is 0 Å². The van der Waals surface area contributed by atoms with E-state index in [1.807, 2.05) is 56.1 Å². The summed E-state index contributed by atoms with van der Waals surface area (Å²) >= 11 is 0. The molecule has 3 heterocycles. The fraction of sp³-hybridized carbons (Fsp3) is 0.448. The third-order valence-corrected chi connectivity index (χ3v) is 6.41. The van der Waals surface area contributed by atoms with Gasteiger partial charge in [-0.25, -0.2) is 4.99 Å². The molecule has 0 spiro atoms. The number of guanidine groups is 1. The number of carbonyl (C=O) groups is 2. The lowest BCUT2D eigenvalue weighted by molar-refractivity contribution is -0.139. The standard InChI is InChI=1S/C15H19N5.C12H20N2O2.C2H2/c1-10-6-5-7-13(8-10)18-15(16)17-12(3)14-9-11(2)20(4)19-14;15-11-6-2-1-3-9-14(11)10-12(16)13-7-4-5-8-13;1-2/h5-9H,3H2,1-2,4H3,(H3,16,17,18);1-10H2;1-2H. The Labute approximate surface area is 226 Å². The second kappa shape index (κ2) is 15.3. The SMILES string of the molecule is C#C.C=C(N=C(N)Nc1cccc(C)c1)c1cc(C)n(C)n1.O=C(CN1CCCCCC1=O)N1CCCC1. The number of hydrogen-bond acceptors (Lipinski definition) is 4. The highest BCUT2D eigenvalue weighted by molar-refractivity contribution is 5.95. The highest BCUT2D eigenvalue weighted by Gasteiger charge is 2.23. The van der Waals surface area contributed by atoms with Crippen molar-refractivity contribution in [1.29, 1.82) is 0 Å². The van der Waals surface area contributed by atoms with Gasteiger partial charge in [0.05, 0.1) is 12.2 Å². The maximum atomic E-state index is 11.9. The van der Waals surface area contributed by atoms with E-state index < -0.39 is 0 Å². The Bertz CT molecular complexity index is 1120. The van der Waals surface area contributed by atoms with Crippen LogP contribution in [0.25, 0.3) is 5.70 Å². The molecule has 0 unspecified atom stereocenters. The molecule has 2 aliphatic heterocycles. The van der Waals surface area contributed by atoms with Gasteiger partial charge in [0.1, 0.15) is 5.69 Å². The maximum Gasteiger partial charge on any atom is 0.242 e. The van der Waals surface area contributed by atoms with Crippen LogP contribution in [0.15, 0.2) is 41.9 Å². The number of anilines is 1. The first kappa shape index (κ1) is 30.2. The molecule has 0 bridgehead atoms. The van der Waals surface area contributed by atoms with Crippen molar-refractivity contribution >= 4 is 29.2 Å². The number of aryl methyl sites for hydroxylation is 3. The molecule has 2 aromatic rings. The van der Waals surface area contributed by atoms with Crippen LogP contribution in [0.3, 0.4) is 0 Å². The molecule has 2 amide bonds. The monoisotopic (exact) mass is 519 g/mol. The molecule has 204 valence electrons. The second-order valence-electron chi connectivity index (χ2n) is 9.45. The third-order valence-electron chi connectivity index (χ3n) is 6.41. The summed E-state index contributed by atoms with van der Waals surface area (Å²) in [5.74, 6) is 0.585. The smallest absolute Gasteiger partial charge is 0.242 e. The molecule has 0 atom stereocenters. The summed E-state index contributed by atoms with van der Waals surface area (Å²) in [6.07, 6.45) is 14.0. The average molecular weight is 520 g/mol. The third kappa shape index (κ3) is 9.43. The van der Waals surface area contributed by atoms with Crippen LogP contribution < -0.4 is 11.1 Å². The van der Waals surface area contributed by atoms with E-state index in [2.05, 4.69) is 34.8 Å². The van der Waals surface area contributed by atoms with Gasteiger partial charge in [-0.3, -0.25) is 14.3 Å². The van der Waals surface area contributed by atoms with Crippen LogP contribution in [-0.2, 0) is 16.6 Å². The first-order valence-electron chi connectivity index (χ1n) is 13.0. The number of nitrogens with zero attached hydrogens (tertiary/aromatic N) is 5. The van der Waals surface area contributed by atoms with E-state index in [1.165, 1.54) is 0 Å². The fourth-order valence-electron chi connectivity index (χ4n) is 4.24. The zero-order valence-electron chi connectivity index (χ0n) is 22.9. The number of benzene rings is 1. The summed E-state index contributed by atoms with van der Waals surface area (Å²) in [5, 5.41) is 7.35. The highest BCUT2D eigenvalue weighted by atomic mass is 16.2. The molecular formula is C29H41N7O2. The molecule has 1 aromatic carbocycles. The van der Waals surface area contributed by atoms with Gasteiger partial charge in [-0.15, -0.1) is 12.8 Å². The van der Waals surface area contributed by atoms with Crippen molar-refractivity contribution in [2.24, 2.45) is 17.8 Å². The van der Waals surface area contributed by atoms with Gasteiger partial charge < -0.3 is 20.9 Å². The minimum atomic E-state index is 0.132. The lowest BCUT2D eigenvalue weighted by Crippen LogP contribution is -2.41. The molecule has 0 saturated carbocycles. The van der Waals surface area contributed by atoms with Gasteiger partial charge in [0.2, 0.25) is 11.8 Å². The molecular weight excluding hydrogens is 478 g/mol. The fourth-order valence-corrected chi connectivity index (χ4v) is 4.24. The Kier molecular flexibility index (Phi) is 12.1. The number of rotatable bonds is 5. The van der Waals surface area contributed by atoms with Gasteiger partial charge in [-0.05, 0) is 63.3 Å². The number of nitrogens with one attached hydrogen (secondary N) is 1. The van der Waals surface area contributed by atoms with Crippen LogP contribution in [0.2, 0.25) is 0 Å². The summed E-state index contributed by atoms with van der Waals surface area (Å²) in [6, 6.07) is 9.83. The maximum absolute atomic E-state index is 11.9. The number of aliphatic imine (C=N–C) groups is 1. The Morgan fingerprint density at radius 3 is 2.42 bits per heavy atom. The normalized spacial score (nSPS) is 15.5. The van der Waals surface area contributed by atoms with Crippen molar-refractivity contribution in [1.82, 2.24) is 19.6 Å². The van der Waals surface area contributed by atoms with E-state index in [4.69, 9.17) is 5.73 Å². The molecule has 2 aliphatic rings. The lowest BCUT2D eigenvalue weighted by atomic mass is 10.2. The summed E-state index contributed by atoms with van der Waals surface area (Å²) in [6.45, 7) is 10.7. The predicted octanol–water partition coefficient (Wildman–Crippen LogP) is 3.70. The van der Waals surface area contributed by atoms with Gasteiger partial charge in [0.25, 0.3) is 0 Å². The first-order chi connectivity index (χ1) is 18.2. The summed E-state index contributed by atoms with van der Waals surface area (Å²) < 4.78 is 1.78. The molecule has 0 aliphatic carbocycles. The van der Waals surface area contributed by atoms with Crippen molar-refractivity contribution < 1.29 is 9.59 Å². The molecule has 9 nitrogen and oxygen atoms in total. The van der Waals surface area contributed by atoms with Crippen LogP contribution in [0.4, 0.5) is 5.69 Å². The average Bonchev–Trinajstić information content (AvgIpc) is 3.50. The van der Waals surface area contributed by atoms with Crippen LogP contribution in [0.1, 0.15) is 55.5 Å². The van der Waals surface area contributed by atoms with Gasteiger partial charge >= 0.3 is 0 Å². The largest absolute Gasteiger partial charge is 0.369 e. The van der Waals surface area contributed by atoms with Crippen LogP contribution in [0.5, 0.6) is 0 Å².